The number of nitrogens with zero attached hydrogens (tertiary/aromatic N) is 2. The maximum absolute atomic E-state index is 10.8. The number of non-ortho nitro benzene ring substituents is 1. The minimum absolute atomic E-state index is 0. The van der Waals surface area contributed by atoms with E-state index in [1.165, 1.54) is 17.0 Å². The lowest BCUT2D eigenvalue weighted by Gasteiger charge is -2.27. The zero-order chi connectivity index (χ0) is 19.8. The van der Waals surface area contributed by atoms with E-state index in [0.29, 0.717) is 12.6 Å². The number of guanidine groups is 1. The largest absolute Gasteiger partial charge is 0.393 e. The Balaban J connectivity index is 0.00000300. The molecule has 1 aliphatic carbocycles. The van der Waals surface area contributed by atoms with Crippen LogP contribution in [0, 0.1) is 10.1 Å². The second-order valence-corrected chi connectivity index (χ2v) is 8.03. The fraction of sp³-hybridized carbons (Fsp3) is 0.450. The van der Waals surface area contributed by atoms with Gasteiger partial charge in [-0.3, -0.25) is 10.1 Å². The van der Waals surface area contributed by atoms with E-state index >= 15 is 0 Å². The predicted molar refractivity (Wildman–Crippen MR) is 127 cm³/mol. The minimum Gasteiger partial charge on any atom is -0.393 e. The van der Waals surface area contributed by atoms with Crippen molar-refractivity contribution < 1.29 is 10.0 Å². The van der Waals surface area contributed by atoms with Gasteiger partial charge in [-0.1, -0.05) is 18.2 Å². The smallest absolute Gasteiger partial charge is 0.269 e. The first-order chi connectivity index (χ1) is 13.6. The molecule has 1 aliphatic rings. The van der Waals surface area contributed by atoms with Crippen molar-refractivity contribution in [3.63, 3.8) is 0 Å². The monoisotopic (exact) mass is 530 g/mol. The highest BCUT2D eigenvalue weighted by atomic mass is 127. The molecule has 0 unspecified atom stereocenters. The lowest BCUT2D eigenvalue weighted by molar-refractivity contribution is -0.384. The number of hydrogen-bond acceptors (Lipinski definition) is 5. The van der Waals surface area contributed by atoms with E-state index in [4.69, 9.17) is 0 Å². The van der Waals surface area contributed by atoms with Gasteiger partial charge >= 0.3 is 0 Å². The van der Waals surface area contributed by atoms with Crippen LogP contribution in [0.1, 0.15) is 36.1 Å². The topological polar surface area (TPSA) is 99.8 Å². The summed E-state index contributed by atoms with van der Waals surface area (Å²) in [7, 11) is 0. The molecule has 1 heterocycles. The molecule has 2 aromatic rings. The standard InChI is InChI=1S/C20H26N4O3S.HI/c25-18-9-5-16(6-10-18)23-20(21-12-11-19-2-1-13-28-19)22-14-15-3-7-17(8-4-15)24(26)27;/h1-4,7-8,13,16,18,25H,5-6,9-12,14H2,(H2,21,22,23);1H. The Labute approximate surface area is 191 Å². The normalized spacial score (nSPS) is 19.3. The first kappa shape index (κ1) is 23.6. The number of nitro groups is 1. The Bertz CT molecular complexity index is 776. The van der Waals surface area contributed by atoms with Gasteiger partial charge < -0.3 is 15.7 Å². The number of nitro benzene ring substituents is 1. The maximum Gasteiger partial charge on any atom is 0.269 e. The van der Waals surface area contributed by atoms with Gasteiger partial charge in [0.1, 0.15) is 0 Å². The number of aliphatic hydroxyl groups excluding tert-OH is 1. The van der Waals surface area contributed by atoms with Crippen molar-refractivity contribution in [1.82, 2.24) is 10.6 Å². The van der Waals surface area contributed by atoms with Crippen LogP contribution in [0.2, 0.25) is 0 Å². The van der Waals surface area contributed by atoms with Crippen LogP contribution >= 0.6 is 35.3 Å². The number of aliphatic imine (C=N–C) groups is 1. The molecular formula is C20H27IN4O3S. The van der Waals surface area contributed by atoms with Gasteiger partial charge in [0.25, 0.3) is 5.69 Å². The van der Waals surface area contributed by atoms with Crippen molar-refractivity contribution >= 4 is 47.0 Å². The number of nitrogens with one attached hydrogen (secondary N) is 2. The Morgan fingerprint density at radius 1 is 1.21 bits per heavy atom. The van der Waals surface area contributed by atoms with Crippen LogP contribution < -0.4 is 10.6 Å². The van der Waals surface area contributed by atoms with Gasteiger partial charge in [-0.15, -0.1) is 35.3 Å². The molecule has 1 aromatic carbocycles. The molecule has 0 atom stereocenters. The highest BCUT2D eigenvalue weighted by molar-refractivity contribution is 14.0. The fourth-order valence-corrected chi connectivity index (χ4v) is 3.93. The number of halogens is 1. The van der Waals surface area contributed by atoms with E-state index in [-0.39, 0.29) is 35.8 Å². The number of aliphatic hydroxyl groups is 1. The van der Waals surface area contributed by atoms with Crippen molar-refractivity contribution in [3.8, 4) is 0 Å². The summed E-state index contributed by atoms with van der Waals surface area (Å²) in [6.07, 6.45) is 4.20. The summed E-state index contributed by atoms with van der Waals surface area (Å²) in [6.45, 7) is 1.23. The molecule has 1 aromatic heterocycles. The number of thiophene rings is 1. The molecule has 0 aliphatic heterocycles. The van der Waals surface area contributed by atoms with Crippen LogP contribution in [-0.2, 0) is 13.0 Å². The fourth-order valence-electron chi connectivity index (χ4n) is 3.22. The average molecular weight is 530 g/mol. The Morgan fingerprint density at radius 3 is 2.55 bits per heavy atom. The number of rotatable bonds is 7. The number of hydrogen-bond donors (Lipinski definition) is 3. The highest BCUT2D eigenvalue weighted by Gasteiger charge is 2.20. The van der Waals surface area contributed by atoms with Gasteiger partial charge in [0.2, 0.25) is 0 Å². The summed E-state index contributed by atoms with van der Waals surface area (Å²) in [5.74, 6) is 0.747. The molecule has 9 heteroatoms. The summed E-state index contributed by atoms with van der Waals surface area (Å²) >= 11 is 1.74. The second kappa shape index (κ2) is 12.1. The molecule has 158 valence electrons. The molecule has 3 N–H and O–H groups in total. The Morgan fingerprint density at radius 2 is 1.93 bits per heavy atom. The van der Waals surface area contributed by atoms with E-state index in [1.807, 2.05) is 0 Å². The molecule has 1 saturated carbocycles. The molecule has 0 radical (unpaired) electrons. The molecule has 0 bridgehead atoms. The van der Waals surface area contributed by atoms with Gasteiger partial charge in [-0.05, 0) is 49.1 Å². The van der Waals surface area contributed by atoms with Gasteiger partial charge in [-0.25, -0.2) is 4.99 Å². The summed E-state index contributed by atoms with van der Waals surface area (Å²) in [4.78, 5) is 16.4. The summed E-state index contributed by atoms with van der Waals surface area (Å²) in [5.41, 5.74) is 1.00. The quantitative estimate of drug-likeness (QED) is 0.166. The highest BCUT2D eigenvalue weighted by Crippen LogP contribution is 2.18. The zero-order valence-electron chi connectivity index (χ0n) is 16.1. The van der Waals surface area contributed by atoms with Gasteiger partial charge in [-0.2, -0.15) is 0 Å². The molecule has 1 fully saturated rings. The Hall–Kier alpha value is -1.72. The van der Waals surface area contributed by atoms with E-state index in [1.54, 1.807) is 23.5 Å². The van der Waals surface area contributed by atoms with Crippen LogP contribution in [-0.4, -0.2) is 34.7 Å². The maximum atomic E-state index is 10.8. The first-order valence-electron chi connectivity index (χ1n) is 9.59. The molecule has 7 nitrogen and oxygen atoms in total. The summed E-state index contributed by atoms with van der Waals surface area (Å²) < 4.78 is 0. The van der Waals surface area contributed by atoms with Gasteiger partial charge in [0.15, 0.2) is 5.96 Å². The van der Waals surface area contributed by atoms with Crippen molar-refractivity contribution in [2.45, 2.75) is 50.8 Å². The molecule has 0 amide bonds. The van der Waals surface area contributed by atoms with E-state index in [2.05, 4.69) is 33.1 Å². The Kier molecular flexibility index (Phi) is 9.82. The van der Waals surface area contributed by atoms with Crippen LogP contribution in [0.4, 0.5) is 5.69 Å². The van der Waals surface area contributed by atoms with Crippen LogP contribution in [0.25, 0.3) is 0 Å². The summed E-state index contributed by atoms with van der Waals surface area (Å²) in [6, 6.07) is 11.0. The third kappa shape index (κ3) is 7.90. The van der Waals surface area contributed by atoms with Crippen molar-refractivity contribution in [2.24, 2.45) is 4.99 Å². The van der Waals surface area contributed by atoms with Crippen LogP contribution in [0.3, 0.4) is 0 Å². The third-order valence-electron chi connectivity index (χ3n) is 4.85. The second-order valence-electron chi connectivity index (χ2n) is 6.99. The average Bonchev–Trinajstić information content (AvgIpc) is 3.21. The molecular weight excluding hydrogens is 503 g/mol. The van der Waals surface area contributed by atoms with Crippen molar-refractivity contribution in [2.75, 3.05) is 6.54 Å². The molecule has 0 spiro atoms. The van der Waals surface area contributed by atoms with E-state index in [9.17, 15) is 15.2 Å². The van der Waals surface area contributed by atoms with Crippen molar-refractivity contribution in [3.05, 3.63) is 62.3 Å². The zero-order valence-corrected chi connectivity index (χ0v) is 19.3. The first-order valence-corrected chi connectivity index (χ1v) is 10.5. The predicted octanol–water partition coefficient (Wildman–Crippen LogP) is 3.86. The van der Waals surface area contributed by atoms with Crippen molar-refractivity contribution in [1.29, 1.82) is 0 Å². The van der Waals surface area contributed by atoms with E-state index in [0.717, 1.165) is 50.2 Å². The molecule has 3 rings (SSSR count). The lowest BCUT2D eigenvalue weighted by Crippen LogP contribution is -2.45. The van der Waals surface area contributed by atoms with E-state index < -0.39 is 4.92 Å². The van der Waals surface area contributed by atoms with Crippen LogP contribution in [0.5, 0.6) is 0 Å². The minimum atomic E-state index is -0.399. The van der Waals surface area contributed by atoms with Gasteiger partial charge in [0.05, 0.1) is 17.6 Å². The van der Waals surface area contributed by atoms with Gasteiger partial charge in [0, 0.05) is 29.6 Å². The SMILES string of the molecule is I.O=[N+]([O-])c1ccc(CN=C(NCCc2cccs2)NC2CCC(O)CC2)cc1. The van der Waals surface area contributed by atoms with Crippen LogP contribution in [0.15, 0.2) is 46.8 Å². The lowest BCUT2D eigenvalue weighted by atomic mass is 9.93. The number of benzene rings is 1. The molecule has 0 saturated heterocycles. The summed E-state index contributed by atoms with van der Waals surface area (Å²) in [5, 5.41) is 29.4. The molecule has 29 heavy (non-hydrogen) atoms. The third-order valence-corrected chi connectivity index (χ3v) is 5.78.